The number of amides is 1. The van der Waals surface area contributed by atoms with Gasteiger partial charge in [-0.05, 0) is 32.8 Å². The number of hydrogen-bond acceptors (Lipinski definition) is 3. The van der Waals surface area contributed by atoms with E-state index in [1.54, 1.807) is 10.7 Å². The van der Waals surface area contributed by atoms with E-state index in [2.05, 4.69) is 10.4 Å². The van der Waals surface area contributed by atoms with E-state index in [1.165, 1.54) is 6.92 Å². The van der Waals surface area contributed by atoms with Gasteiger partial charge in [-0.2, -0.15) is 5.10 Å². The number of carbonyl (C=O) groups excluding carboxylic acids is 1. The second kappa shape index (κ2) is 6.36. The monoisotopic (exact) mass is 267 g/mol. The van der Waals surface area contributed by atoms with Crippen molar-refractivity contribution in [1.82, 2.24) is 15.1 Å². The Labute approximate surface area is 112 Å². The molecule has 0 saturated heterocycles. The minimum absolute atomic E-state index is 0.148. The van der Waals surface area contributed by atoms with Crippen LogP contribution in [0.5, 0.6) is 0 Å². The third kappa shape index (κ3) is 3.56. The van der Waals surface area contributed by atoms with Crippen LogP contribution in [0, 0.1) is 6.92 Å². The molecule has 1 aromatic rings. The predicted octanol–water partition coefficient (Wildman–Crippen LogP) is 1.76. The SMILES string of the molecule is CCC(CC)n1nc(C)cc1C(=O)N[C@@H](C)C(=O)O. The van der Waals surface area contributed by atoms with Gasteiger partial charge in [0.1, 0.15) is 11.7 Å². The van der Waals surface area contributed by atoms with E-state index >= 15 is 0 Å². The lowest BCUT2D eigenvalue weighted by atomic mass is 10.1. The average Bonchev–Trinajstić information content (AvgIpc) is 2.73. The Hall–Kier alpha value is -1.85. The Balaban J connectivity index is 2.99. The van der Waals surface area contributed by atoms with Crippen molar-refractivity contribution in [3.63, 3.8) is 0 Å². The smallest absolute Gasteiger partial charge is 0.325 e. The fraction of sp³-hybridized carbons (Fsp3) is 0.615. The van der Waals surface area contributed by atoms with Crippen molar-refractivity contribution in [2.75, 3.05) is 0 Å². The highest BCUT2D eigenvalue weighted by Gasteiger charge is 2.21. The molecule has 0 fully saturated rings. The molecule has 1 amide bonds. The van der Waals surface area contributed by atoms with Gasteiger partial charge >= 0.3 is 5.97 Å². The first-order valence-corrected chi connectivity index (χ1v) is 6.50. The zero-order valence-electron chi connectivity index (χ0n) is 11.8. The van der Waals surface area contributed by atoms with Gasteiger partial charge in [-0.15, -0.1) is 0 Å². The second-order valence-electron chi connectivity index (χ2n) is 4.62. The van der Waals surface area contributed by atoms with Crippen molar-refractivity contribution in [2.45, 2.75) is 52.6 Å². The van der Waals surface area contributed by atoms with Crippen LogP contribution in [0.3, 0.4) is 0 Å². The summed E-state index contributed by atoms with van der Waals surface area (Å²) in [5.74, 6) is -1.46. The lowest BCUT2D eigenvalue weighted by molar-refractivity contribution is -0.138. The number of carboxylic acid groups (broad SMARTS) is 1. The number of carbonyl (C=O) groups is 2. The summed E-state index contributed by atoms with van der Waals surface area (Å²) in [4.78, 5) is 22.9. The number of aliphatic carboxylic acids is 1. The zero-order valence-corrected chi connectivity index (χ0v) is 11.8. The lowest BCUT2D eigenvalue weighted by Crippen LogP contribution is -2.39. The first-order chi connectivity index (χ1) is 8.90. The van der Waals surface area contributed by atoms with Gasteiger partial charge in [0.05, 0.1) is 11.7 Å². The second-order valence-corrected chi connectivity index (χ2v) is 4.62. The topological polar surface area (TPSA) is 84.2 Å². The van der Waals surface area contributed by atoms with Crippen molar-refractivity contribution in [2.24, 2.45) is 0 Å². The third-order valence-electron chi connectivity index (χ3n) is 3.10. The molecule has 1 heterocycles. The number of rotatable bonds is 6. The molecule has 0 aliphatic carbocycles. The van der Waals surface area contributed by atoms with E-state index < -0.39 is 17.9 Å². The molecule has 6 nitrogen and oxygen atoms in total. The first kappa shape index (κ1) is 15.2. The summed E-state index contributed by atoms with van der Waals surface area (Å²) in [6, 6.07) is 0.912. The van der Waals surface area contributed by atoms with Gasteiger partial charge in [0.25, 0.3) is 5.91 Å². The summed E-state index contributed by atoms with van der Waals surface area (Å²) < 4.78 is 1.69. The molecule has 106 valence electrons. The van der Waals surface area contributed by atoms with Gasteiger partial charge in [0.2, 0.25) is 0 Å². The summed E-state index contributed by atoms with van der Waals surface area (Å²) in [5.41, 5.74) is 1.17. The fourth-order valence-corrected chi connectivity index (χ4v) is 1.93. The van der Waals surface area contributed by atoms with Crippen LogP contribution in [0.1, 0.15) is 55.8 Å². The maximum Gasteiger partial charge on any atom is 0.325 e. The number of aryl methyl sites for hydroxylation is 1. The molecule has 0 bridgehead atoms. The zero-order chi connectivity index (χ0) is 14.6. The summed E-state index contributed by atoms with van der Waals surface area (Å²) >= 11 is 0. The van der Waals surface area contributed by atoms with Crippen LogP contribution in [0.4, 0.5) is 0 Å². The van der Waals surface area contributed by atoms with Gasteiger partial charge in [-0.3, -0.25) is 14.3 Å². The number of aromatic nitrogens is 2. The quantitative estimate of drug-likeness (QED) is 0.822. The van der Waals surface area contributed by atoms with Crippen LogP contribution >= 0.6 is 0 Å². The summed E-state index contributed by atoms with van der Waals surface area (Å²) in [5, 5.41) is 15.6. The molecule has 1 aromatic heterocycles. The molecular formula is C13H21N3O3. The maximum atomic E-state index is 12.1. The first-order valence-electron chi connectivity index (χ1n) is 6.50. The molecule has 0 radical (unpaired) electrons. The Morgan fingerprint density at radius 2 is 2.00 bits per heavy atom. The molecule has 0 spiro atoms. The Kier molecular flexibility index (Phi) is 5.09. The molecule has 0 saturated carbocycles. The molecule has 19 heavy (non-hydrogen) atoms. The lowest BCUT2D eigenvalue weighted by Gasteiger charge is -2.17. The van der Waals surface area contributed by atoms with Crippen LogP contribution in [-0.2, 0) is 4.79 Å². The van der Waals surface area contributed by atoms with Gasteiger partial charge in [-0.1, -0.05) is 13.8 Å². The Morgan fingerprint density at radius 3 is 2.47 bits per heavy atom. The Morgan fingerprint density at radius 1 is 1.42 bits per heavy atom. The summed E-state index contributed by atoms with van der Waals surface area (Å²) in [7, 11) is 0. The van der Waals surface area contributed by atoms with Crippen molar-refractivity contribution in [3.8, 4) is 0 Å². The molecule has 1 rings (SSSR count). The molecule has 6 heteroatoms. The minimum Gasteiger partial charge on any atom is -0.480 e. The normalized spacial score (nSPS) is 12.5. The average molecular weight is 267 g/mol. The molecule has 2 N–H and O–H groups in total. The predicted molar refractivity (Wildman–Crippen MR) is 71.1 cm³/mol. The van der Waals surface area contributed by atoms with Crippen LogP contribution in [0.2, 0.25) is 0 Å². The van der Waals surface area contributed by atoms with E-state index in [1.807, 2.05) is 20.8 Å². The van der Waals surface area contributed by atoms with Crippen LogP contribution in [-0.4, -0.2) is 32.8 Å². The van der Waals surface area contributed by atoms with Crippen LogP contribution in [0.25, 0.3) is 0 Å². The van der Waals surface area contributed by atoms with Gasteiger partial charge in [-0.25, -0.2) is 0 Å². The minimum atomic E-state index is -1.06. The number of nitrogens with zero attached hydrogens (tertiary/aromatic N) is 2. The van der Waals surface area contributed by atoms with Crippen LogP contribution in [0.15, 0.2) is 6.07 Å². The number of carboxylic acids is 1. The summed E-state index contributed by atoms with van der Waals surface area (Å²) in [6.45, 7) is 7.32. The highest BCUT2D eigenvalue weighted by molar-refractivity contribution is 5.95. The highest BCUT2D eigenvalue weighted by atomic mass is 16.4. The van der Waals surface area contributed by atoms with E-state index in [9.17, 15) is 9.59 Å². The molecule has 1 atom stereocenters. The van der Waals surface area contributed by atoms with E-state index in [0.717, 1.165) is 18.5 Å². The Bertz CT molecular complexity index is 464. The van der Waals surface area contributed by atoms with E-state index in [0.29, 0.717) is 5.69 Å². The molecule has 0 unspecified atom stereocenters. The van der Waals surface area contributed by atoms with Crippen molar-refractivity contribution >= 4 is 11.9 Å². The van der Waals surface area contributed by atoms with Crippen molar-refractivity contribution in [3.05, 3.63) is 17.5 Å². The molecule has 0 aliphatic heterocycles. The van der Waals surface area contributed by atoms with Gasteiger partial charge in [0.15, 0.2) is 0 Å². The number of hydrogen-bond donors (Lipinski definition) is 2. The fourth-order valence-electron chi connectivity index (χ4n) is 1.93. The number of nitrogens with one attached hydrogen (secondary N) is 1. The van der Waals surface area contributed by atoms with Crippen LogP contribution < -0.4 is 5.32 Å². The largest absolute Gasteiger partial charge is 0.480 e. The highest BCUT2D eigenvalue weighted by Crippen LogP contribution is 2.18. The molecule has 0 aliphatic rings. The standard InChI is InChI=1S/C13H21N3O3/c1-5-10(6-2)16-11(7-8(3)15-16)12(17)14-9(4)13(18)19/h7,9-10H,5-6H2,1-4H3,(H,14,17)(H,18,19)/t9-/m0/s1. The molecular weight excluding hydrogens is 246 g/mol. The summed E-state index contributed by atoms with van der Waals surface area (Å²) in [6.07, 6.45) is 1.73. The third-order valence-corrected chi connectivity index (χ3v) is 3.10. The van der Waals surface area contributed by atoms with E-state index in [4.69, 9.17) is 5.11 Å². The maximum absolute atomic E-state index is 12.1. The van der Waals surface area contributed by atoms with Gasteiger partial charge in [0, 0.05) is 0 Å². The van der Waals surface area contributed by atoms with Gasteiger partial charge < -0.3 is 10.4 Å². The van der Waals surface area contributed by atoms with Crippen molar-refractivity contribution in [1.29, 1.82) is 0 Å². The molecule has 0 aromatic carbocycles. The van der Waals surface area contributed by atoms with Crippen molar-refractivity contribution < 1.29 is 14.7 Å². The van der Waals surface area contributed by atoms with E-state index in [-0.39, 0.29) is 6.04 Å².